The molecular weight excluding hydrogens is 124 g/mol. The van der Waals surface area contributed by atoms with Gasteiger partial charge in [-0.3, -0.25) is 0 Å². The number of benzene rings is 1. The van der Waals surface area contributed by atoms with E-state index in [0.29, 0.717) is 0 Å². The first-order chi connectivity index (χ1) is 4.39. The predicted octanol–water partition coefficient (Wildman–Crippen LogP) is 1.05. The van der Waals surface area contributed by atoms with Crippen molar-refractivity contribution in [2.75, 3.05) is 0 Å². The molecule has 0 heterocycles. The molecule has 0 spiro atoms. The topological polar surface area (TPSA) is 0 Å². The molecule has 0 N–H and O–H groups in total. The highest BCUT2D eigenvalue weighted by Crippen LogP contribution is 1.92. The van der Waals surface area contributed by atoms with Crippen molar-refractivity contribution in [1.82, 2.24) is 0 Å². The van der Waals surface area contributed by atoms with E-state index in [1.54, 1.807) is 9.85 Å². The van der Waals surface area contributed by atoms with Gasteiger partial charge in [0.25, 0.3) is 0 Å². The van der Waals surface area contributed by atoms with E-state index < -0.39 is 0 Å². The second kappa shape index (κ2) is 5.44. The smallest absolute Gasteiger partial charge is 0.0328 e. The Balaban J connectivity index is 0.000000291. The molecule has 0 atom stereocenters. The maximum Gasteiger partial charge on any atom is -0.0328 e. The largest absolute Gasteiger partial charge is 0.124 e. The number of hydrogen-bond donors (Lipinski definition) is 0. The lowest BCUT2D eigenvalue weighted by molar-refractivity contribution is 1.48. The zero-order valence-electron chi connectivity index (χ0n) is 5.80. The Kier molecular flexibility index (Phi) is 5.02. The highest BCUT2D eigenvalue weighted by molar-refractivity contribution is 6.18. The molecule has 1 aromatic rings. The molecule has 0 amide bonds. The molecule has 0 unspecified atom stereocenters. The molecule has 0 aliphatic heterocycles. The molecule has 0 saturated heterocycles. The molecule has 48 valence electrons. The van der Waals surface area contributed by atoms with Crippen LogP contribution >= 0.6 is 0 Å². The van der Waals surface area contributed by atoms with Crippen LogP contribution in [0.5, 0.6) is 0 Å². The Hall–Kier alpha value is -0.693. The third-order valence-electron chi connectivity index (χ3n) is 0.940. The zero-order valence-corrected chi connectivity index (χ0v) is 7.22. The summed E-state index contributed by atoms with van der Waals surface area (Å²) < 4.78 is 0. The van der Waals surface area contributed by atoms with E-state index in [4.69, 9.17) is 0 Å². The average molecular weight is 136 g/mol. The number of rotatable bonds is 0. The van der Waals surface area contributed by atoms with Gasteiger partial charge in [-0.1, -0.05) is 35.9 Å². The second-order valence-corrected chi connectivity index (χ2v) is 1.65. The summed E-state index contributed by atoms with van der Waals surface area (Å²) >= 11 is 0. The Morgan fingerprint density at radius 2 is 1.56 bits per heavy atom. The minimum atomic E-state index is 1.32. The molecule has 0 bridgehead atoms. The van der Waals surface area contributed by atoms with Crippen molar-refractivity contribution in [2.45, 2.75) is 6.92 Å². The summed E-state index contributed by atoms with van der Waals surface area (Å²) in [4.78, 5) is 0. The zero-order chi connectivity index (χ0) is 7.11. The number of aryl methyl sites for hydroxylation is 1. The van der Waals surface area contributed by atoms with Crippen LogP contribution in [0.15, 0.2) is 30.3 Å². The normalized spacial score (nSPS) is 7.22. The van der Waals surface area contributed by atoms with Gasteiger partial charge in [-0.2, -0.15) is 0 Å². The monoisotopic (exact) mass is 136 g/mol. The van der Waals surface area contributed by atoms with Crippen molar-refractivity contribution < 1.29 is 0 Å². The lowest BCUT2D eigenvalue weighted by Crippen LogP contribution is -1.62. The molecule has 9 heavy (non-hydrogen) atoms. The van der Waals surface area contributed by atoms with Crippen LogP contribution in [0.25, 0.3) is 0 Å². The standard InChI is InChI=1S/C7H8.CH4Si/c1-7-5-3-2-4-6-7;1-2/h2-6H,1H3;1-2H2. The maximum atomic E-state index is 3.28. The molecule has 0 fully saturated rings. The molecular formula is C8H12Si. The predicted molar refractivity (Wildman–Crippen MR) is 46.8 cm³/mol. The Labute approximate surface area is 59.6 Å². The van der Waals surface area contributed by atoms with Crippen molar-refractivity contribution in [2.24, 2.45) is 0 Å². The van der Waals surface area contributed by atoms with Gasteiger partial charge >= 0.3 is 0 Å². The van der Waals surface area contributed by atoms with E-state index >= 15 is 0 Å². The van der Waals surface area contributed by atoms with Gasteiger partial charge in [0.1, 0.15) is 0 Å². The van der Waals surface area contributed by atoms with E-state index in [9.17, 15) is 0 Å². The molecule has 0 radical (unpaired) electrons. The average Bonchev–Trinajstić information content (AvgIpc) is 1.94. The third kappa shape index (κ3) is 3.85. The molecule has 0 aromatic heterocycles. The van der Waals surface area contributed by atoms with Gasteiger partial charge in [0.15, 0.2) is 0 Å². The van der Waals surface area contributed by atoms with E-state index in [-0.39, 0.29) is 0 Å². The molecule has 0 aliphatic rings. The molecule has 1 rings (SSSR count). The Morgan fingerprint density at radius 1 is 1.11 bits per heavy atom. The lowest BCUT2D eigenvalue weighted by Gasteiger charge is -1.82. The summed E-state index contributed by atoms with van der Waals surface area (Å²) in [5, 5.41) is 0. The van der Waals surface area contributed by atoms with Crippen LogP contribution < -0.4 is 0 Å². The minimum Gasteiger partial charge on any atom is -0.124 e. The third-order valence-corrected chi connectivity index (χ3v) is 0.940. The SMILES string of the molecule is C=[SiH2].Cc1ccccc1. The Morgan fingerprint density at radius 3 is 1.78 bits per heavy atom. The Bertz CT molecular complexity index is 146. The molecule has 0 aliphatic carbocycles. The van der Waals surface area contributed by atoms with E-state index in [1.807, 2.05) is 18.2 Å². The van der Waals surface area contributed by atoms with Gasteiger partial charge in [0.2, 0.25) is 0 Å². The maximum absolute atomic E-state index is 3.28. The van der Waals surface area contributed by atoms with Crippen LogP contribution in [0.2, 0.25) is 0 Å². The molecule has 1 heteroatoms. The second-order valence-electron chi connectivity index (χ2n) is 1.65. The first kappa shape index (κ1) is 8.31. The van der Waals surface area contributed by atoms with Crippen molar-refractivity contribution in [3.63, 3.8) is 0 Å². The highest BCUT2D eigenvalue weighted by atomic mass is 28.1. The summed E-state index contributed by atoms with van der Waals surface area (Å²) in [5.74, 6) is 0. The summed E-state index contributed by atoms with van der Waals surface area (Å²) in [6, 6.07) is 10.3. The first-order valence-corrected chi connectivity index (χ1v) is 3.91. The van der Waals surface area contributed by atoms with Crippen LogP contribution in [-0.2, 0) is 0 Å². The van der Waals surface area contributed by atoms with Gasteiger partial charge in [0, 0.05) is 0 Å². The van der Waals surface area contributed by atoms with Crippen molar-refractivity contribution in [3.05, 3.63) is 35.9 Å². The number of hydrogen-bond acceptors (Lipinski definition) is 0. The van der Waals surface area contributed by atoms with Crippen LogP contribution in [0.1, 0.15) is 5.56 Å². The van der Waals surface area contributed by atoms with Crippen LogP contribution in [-0.4, -0.2) is 16.0 Å². The van der Waals surface area contributed by atoms with Gasteiger partial charge in [-0.15, -0.1) is 6.17 Å². The van der Waals surface area contributed by atoms with E-state index in [2.05, 4.69) is 25.2 Å². The molecule has 0 nitrogen and oxygen atoms in total. The van der Waals surface area contributed by atoms with E-state index in [0.717, 1.165) is 0 Å². The quantitative estimate of drug-likeness (QED) is 0.468. The van der Waals surface area contributed by atoms with Crippen molar-refractivity contribution >= 4 is 16.0 Å². The lowest BCUT2D eigenvalue weighted by atomic mass is 10.2. The fourth-order valence-corrected chi connectivity index (χ4v) is 0.534. The summed E-state index contributed by atoms with van der Waals surface area (Å²) in [5.41, 5.74) is 1.32. The van der Waals surface area contributed by atoms with Gasteiger partial charge in [-0.25, -0.2) is 0 Å². The first-order valence-electron chi connectivity index (χ1n) is 2.91. The minimum absolute atomic E-state index is 1.32. The van der Waals surface area contributed by atoms with Crippen LogP contribution in [0, 0.1) is 6.92 Å². The van der Waals surface area contributed by atoms with Crippen LogP contribution in [0.3, 0.4) is 0 Å². The van der Waals surface area contributed by atoms with E-state index in [1.165, 1.54) is 5.56 Å². The van der Waals surface area contributed by atoms with Gasteiger partial charge in [0.05, 0.1) is 0 Å². The summed E-state index contributed by atoms with van der Waals surface area (Å²) in [7, 11) is 1.61. The summed E-state index contributed by atoms with van der Waals surface area (Å²) in [6.45, 7) is 2.08. The fourth-order valence-electron chi connectivity index (χ4n) is 0.534. The van der Waals surface area contributed by atoms with Crippen LogP contribution in [0.4, 0.5) is 0 Å². The summed E-state index contributed by atoms with van der Waals surface area (Å²) in [6.07, 6.45) is 3.28. The fraction of sp³-hybridized carbons (Fsp3) is 0.125. The molecule has 1 aromatic carbocycles. The van der Waals surface area contributed by atoms with Gasteiger partial charge < -0.3 is 0 Å². The van der Waals surface area contributed by atoms with Gasteiger partial charge in [-0.05, 0) is 16.8 Å². The van der Waals surface area contributed by atoms with Crippen molar-refractivity contribution in [1.29, 1.82) is 0 Å². The molecule has 0 saturated carbocycles. The highest BCUT2D eigenvalue weighted by Gasteiger charge is 1.72. The van der Waals surface area contributed by atoms with Crippen molar-refractivity contribution in [3.8, 4) is 0 Å².